The van der Waals surface area contributed by atoms with Crippen LogP contribution in [-0.4, -0.2) is 62.3 Å². The van der Waals surface area contributed by atoms with E-state index in [1.54, 1.807) is 0 Å². The quantitative estimate of drug-likeness (QED) is 0.302. The van der Waals surface area contributed by atoms with E-state index in [-0.39, 0.29) is 10.8 Å². The Balaban J connectivity index is 1.65. The number of nitrogens with zero attached hydrogens (tertiary/aromatic N) is 2. The summed E-state index contributed by atoms with van der Waals surface area (Å²) in [5.41, 5.74) is 2.76. The number of hydrogen-bond donors (Lipinski definition) is 0. The van der Waals surface area contributed by atoms with Crippen LogP contribution < -0.4 is 0 Å². The van der Waals surface area contributed by atoms with E-state index >= 15 is 0 Å². The van der Waals surface area contributed by atoms with Crippen LogP contribution in [0.4, 0.5) is 0 Å². The van der Waals surface area contributed by atoms with Crippen molar-refractivity contribution in [2.75, 3.05) is 53.4 Å². The van der Waals surface area contributed by atoms with Gasteiger partial charge in [-0.25, -0.2) is 0 Å². The molecule has 1 saturated heterocycles. The topological polar surface area (TPSA) is 0 Å². The Morgan fingerprint density at radius 3 is 1.97 bits per heavy atom. The van der Waals surface area contributed by atoms with Crippen molar-refractivity contribution < 1.29 is 8.97 Å². The van der Waals surface area contributed by atoms with Crippen LogP contribution in [-0.2, 0) is 0 Å². The summed E-state index contributed by atoms with van der Waals surface area (Å²) in [5, 5.41) is 0. The number of rotatable bonds is 9. The molecule has 0 spiro atoms. The predicted molar refractivity (Wildman–Crippen MR) is 140 cm³/mol. The minimum absolute atomic E-state index is 0.0386. The molecule has 0 aromatic rings. The summed E-state index contributed by atoms with van der Waals surface area (Å²) in [4.78, 5) is 0. The smallest absolute Gasteiger partial charge is 0.129 e. The zero-order valence-electron chi connectivity index (χ0n) is 20.9. The van der Waals surface area contributed by atoms with Gasteiger partial charge in [0.05, 0.1) is 27.2 Å². The summed E-state index contributed by atoms with van der Waals surface area (Å²) in [6.07, 6.45) is 29.4. The Bertz CT molecular complexity index is 886. The van der Waals surface area contributed by atoms with Gasteiger partial charge < -0.3 is 8.97 Å². The lowest BCUT2D eigenvalue weighted by molar-refractivity contribution is -0.955. The molecule has 32 heavy (non-hydrogen) atoms. The van der Waals surface area contributed by atoms with Gasteiger partial charge in [0.25, 0.3) is 0 Å². The zero-order valence-corrected chi connectivity index (χ0v) is 20.9. The lowest BCUT2D eigenvalue weighted by Crippen LogP contribution is -2.54. The van der Waals surface area contributed by atoms with Crippen LogP contribution >= 0.6 is 0 Å². The van der Waals surface area contributed by atoms with Gasteiger partial charge in [-0.15, -0.1) is 13.2 Å². The van der Waals surface area contributed by atoms with E-state index < -0.39 is 0 Å². The molecule has 0 N–H and O–H groups in total. The van der Waals surface area contributed by atoms with Crippen LogP contribution in [0.2, 0.25) is 0 Å². The third kappa shape index (κ3) is 6.43. The largest absolute Gasteiger partial charge is 0.320 e. The van der Waals surface area contributed by atoms with Crippen LogP contribution in [0.15, 0.2) is 97.2 Å². The molecule has 1 fully saturated rings. The second-order valence-electron chi connectivity index (χ2n) is 11.2. The molecule has 2 atom stereocenters. The molecule has 0 bridgehead atoms. The van der Waals surface area contributed by atoms with Gasteiger partial charge in [0.15, 0.2) is 0 Å². The van der Waals surface area contributed by atoms with E-state index in [0.29, 0.717) is 0 Å². The maximum absolute atomic E-state index is 4.01. The average Bonchev–Trinajstić information content (AvgIpc) is 3.04. The van der Waals surface area contributed by atoms with Gasteiger partial charge in [-0.05, 0) is 13.8 Å². The normalized spacial score (nSPS) is 29.2. The highest BCUT2D eigenvalue weighted by Crippen LogP contribution is 2.29. The van der Waals surface area contributed by atoms with Gasteiger partial charge in [-0.3, -0.25) is 0 Å². The second-order valence-corrected chi connectivity index (χ2v) is 11.2. The Morgan fingerprint density at radius 2 is 1.41 bits per heavy atom. The third-order valence-corrected chi connectivity index (χ3v) is 7.55. The average molecular weight is 433 g/mol. The molecule has 2 heteroatoms. The molecule has 0 amide bonds. The molecule has 3 rings (SSSR count). The molecule has 0 aromatic carbocycles. The Hall–Kier alpha value is -2.16. The summed E-state index contributed by atoms with van der Waals surface area (Å²) in [5.74, 6) is 0. The Labute approximate surface area is 197 Å². The fourth-order valence-corrected chi connectivity index (χ4v) is 4.95. The Morgan fingerprint density at radius 1 is 0.875 bits per heavy atom. The summed E-state index contributed by atoms with van der Waals surface area (Å²) < 4.78 is 2.23. The molecule has 172 valence electrons. The van der Waals surface area contributed by atoms with Crippen LogP contribution in [0.5, 0.6) is 0 Å². The first-order valence-corrected chi connectivity index (χ1v) is 12.2. The van der Waals surface area contributed by atoms with Crippen LogP contribution in [0.1, 0.15) is 26.7 Å². The van der Waals surface area contributed by atoms with Crippen molar-refractivity contribution in [3.8, 4) is 0 Å². The molecule has 2 unspecified atom stereocenters. The molecule has 0 saturated carbocycles. The number of allylic oxidation sites excluding steroid dienone is 10. The summed E-state index contributed by atoms with van der Waals surface area (Å²) in [7, 11) is 4.76. The maximum Gasteiger partial charge on any atom is 0.129 e. The minimum atomic E-state index is -0.0454. The zero-order chi connectivity index (χ0) is 23.3. The van der Waals surface area contributed by atoms with Crippen molar-refractivity contribution in [2.45, 2.75) is 26.7 Å². The molecular weight excluding hydrogens is 388 g/mol. The van der Waals surface area contributed by atoms with Crippen molar-refractivity contribution in [3.05, 3.63) is 97.2 Å². The molecular formula is C30H44N2+2. The second kappa shape index (κ2) is 9.77. The molecule has 2 nitrogen and oxygen atoms in total. The molecule has 3 aliphatic rings. The molecule has 1 aliphatic heterocycles. The summed E-state index contributed by atoms with van der Waals surface area (Å²) in [6.45, 7) is 19.6. The third-order valence-electron chi connectivity index (χ3n) is 7.55. The van der Waals surface area contributed by atoms with Gasteiger partial charge in [-0.2, -0.15) is 0 Å². The van der Waals surface area contributed by atoms with Gasteiger partial charge in [0, 0.05) is 34.8 Å². The molecule has 2 aliphatic carbocycles. The fraction of sp³-hybridized carbons (Fsp3) is 0.467. The lowest BCUT2D eigenvalue weighted by atomic mass is 9.90. The number of quaternary nitrogens is 2. The van der Waals surface area contributed by atoms with Gasteiger partial charge in [-0.1, -0.05) is 72.9 Å². The predicted octanol–water partition coefficient (Wildman–Crippen LogP) is 6.16. The van der Waals surface area contributed by atoms with Crippen LogP contribution in [0.25, 0.3) is 0 Å². The fourth-order valence-electron chi connectivity index (χ4n) is 4.95. The SMILES string of the molecule is C=CC1(C)C=CC=C(C[N+](C)(C)CC[N+]2(CC3=CC=CC(C)(C=C)C=C3)CCCC2)C=C1. The highest BCUT2D eigenvalue weighted by Gasteiger charge is 2.35. The van der Waals surface area contributed by atoms with E-state index in [0.717, 1.165) is 17.6 Å². The summed E-state index contributed by atoms with van der Waals surface area (Å²) >= 11 is 0. The summed E-state index contributed by atoms with van der Waals surface area (Å²) in [6, 6.07) is 0. The molecule has 1 heterocycles. The van der Waals surface area contributed by atoms with Crippen molar-refractivity contribution in [3.63, 3.8) is 0 Å². The first-order chi connectivity index (χ1) is 15.1. The van der Waals surface area contributed by atoms with E-state index in [4.69, 9.17) is 0 Å². The molecule has 0 aromatic heterocycles. The van der Waals surface area contributed by atoms with Crippen molar-refractivity contribution in [1.82, 2.24) is 0 Å². The monoisotopic (exact) mass is 432 g/mol. The van der Waals surface area contributed by atoms with Crippen molar-refractivity contribution in [2.24, 2.45) is 10.8 Å². The van der Waals surface area contributed by atoms with E-state index in [1.807, 2.05) is 12.2 Å². The van der Waals surface area contributed by atoms with Crippen molar-refractivity contribution >= 4 is 0 Å². The van der Waals surface area contributed by atoms with E-state index in [2.05, 4.69) is 102 Å². The minimum Gasteiger partial charge on any atom is -0.320 e. The van der Waals surface area contributed by atoms with E-state index in [1.165, 1.54) is 54.6 Å². The highest BCUT2D eigenvalue weighted by atomic mass is 15.4. The van der Waals surface area contributed by atoms with Gasteiger partial charge in [0.2, 0.25) is 0 Å². The van der Waals surface area contributed by atoms with Crippen LogP contribution in [0.3, 0.4) is 0 Å². The highest BCUT2D eigenvalue weighted by molar-refractivity contribution is 5.35. The van der Waals surface area contributed by atoms with Gasteiger partial charge >= 0.3 is 0 Å². The maximum atomic E-state index is 4.01. The first-order valence-electron chi connectivity index (χ1n) is 12.2. The first kappa shape index (κ1) is 24.5. The Kier molecular flexibility index (Phi) is 7.47. The number of likely N-dealkylation sites (tertiary alicyclic amines) is 1. The number of likely N-dealkylation sites (N-methyl/N-ethyl adjacent to an activating group) is 1. The van der Waals surface area contributed by atoms with Crippen molar-refractivity contribution in [1.29, 1.82) is 0 Å². The lowest BCUT2D eigenvalue weighted by Gasteiger charge is -2.38. The van der Waals surface area contributed by atoms with E-state index in [9.17, 15) is 0 Å². The van der Waals surface area contributed by atoms with Gasteiger partial charge in [0.1, 0.15) is 26.2 Å². The van der Waals surface area contributed by atoms with Crippen LogP contribution in [0, 0.1) is 10.8 Å². The standard InChI is InChI=1S/C30H44N2/c1-7-29(3)17-11-13-27(15-19-29)25-31(5,6)23-24-32(21-9-10-22-32)26-28-14-12-18-30(4,8-2)20-16-28/h7-8,11-20H,1-2,9-10,21-26H2,3-6H3/q+2. The molecule has 0 radical (unpaired) electrons. The number of hydrogen-bond acceptors (Lipinski definition) is 0.